The van der Waals surface area contributed by atoms with Gasteiger partial charge < -0.3 is 19.7 Å². The van der Waals surface area contributed by atoms with E-state index in [9.17, 15) is 14.7 Å². The van der Waals surface area contributed by atoms with E-state index < -0.39 is 18.5 Å². The molecule has 0 atom stereocenters. The Kier molecular flexibility index (Phi) is 5.66. The molecule has 0 fully saturated rings. The van der Waals surface area contributed by atoms with E-state index in [1.54, 1.807) is 13.0 Å². The summed E-state index contributed by atoms with van der Waals surface area (Å²) in [7, 11) is 0. The van der Waals surface area contributed by atoms with Crippen LogP contribution >= 0.6 is 0 Å². The van der Waals surface area contributed by atoms with E-state index in [4.69, 9.17) is 9.84 Å². The smallest absolute Gasteiger partial charge is 0.344 e. The minimum absolute atomic E-state index is 0.0730. The first kappa shape index (κ1) is 14.8. The van der Waals surface area contributed by atoms with E-state index in [1.165, 1.54) is 12.1 Å². The molecule has 1 rings (SSSR count). The monoisotopic (exact) mass is 268 g/mol. The van der Waals surface area contributed by atoms with Crippen molar-refractivity contribution >= 4 is 11.9 Å². The molecular formula is C13H16O6. The molecule has 1 aromatic carbocycles. The number of rotatable bonds is 6. The molecule has 0 saturated carbocycles. The Morgan fingerprint density at radius 2 is 1.84 bits per heavy atom. The molecule has 0 radical (unpaired) electrons. The van der Waals surface area contributed by atoms with Gasteiger partial charge in [0.25, 0.3) is 0 Å². The lowest BCUT2D eigenvalue weighted by molar-refractivity contribution is -0.158. The average Bonchev–Trinajstić information content (AvgIpc) is 2.38. The fraction of sp³-hybridized carbons (Fsp3) is 0.385. The van der Waals surface area contributed by atoms with Crippen molar-refractivity contribution in [2.24, 2.45) is 0 Å². The normalized spacial score (nSPS) is 9.95. The first-order valence-electron chi connectivity index (χ1n) is 5.85. The summed E-state index contributed by atoms with van der Waals surface area (Å²) in [4.78, 5) is 22.3. The predicted octanol–water partition coefficient (Wildman–Crippen LogP) is 1.14. The van der Waals surface area contributed by atoms with Crippen LogP contribution < -0.4 is 0 Å². The highest BCUT2D eigenvalue weighted by atomic mass is 16.6. The van der Waals surface area contributed by atoms with E-state index in [0.717, 1.165) is 0 Å². The molecular weight excluding hydrogens is 252 g/mol. The van der Waals surface area contributed by atoms with E-state index in [0.29, 0.717) is 12.0 Å². The van der Waals surface area contributed by atoms with E-state index in [2.05, 4.69) is 4.74 Å². The number of aromatic hydroxyl groups is 2. The van der Waals surface area contributed by atoms with Gasteiger partial charge in [-0.15, -0.1) is 0 Å². The molecule has 0 heterocycles. The lowest BCUT2D eigenvalue weighted by atomic mass is 10.1. The third-order valence-electron chi connectivity index (χ3n) is 2.31. The second-order valence-electron chi connectivity index (χ2n) is 3.79. The molecule has 0 aliphatic carbocycles. The number of phenolic OH excluding ortho intramolecular Hbond substituents is 2. The van der Waals surface area contributed by atoms with Gasteiger partial charge in [0.1, 0.15) is 0 Å². The van der Waals surface area contributed by atoms with Crippen LogP contribution in [0.4, 0.5) is 0 Å². The summed E-state index contributed by atoms with van der Waals surface area (Å²) in [6.07, 6.45) is 0.416. The highest BCUT2D eigenvalue weighted by Crippen LogP contribution is 2.25. The Bertz CT molecular complexity index is 454. The number of benzene rings is 1. The van der Waals surface area contributed by atoms with Crippen LogP contribution in [0.3, 0.4) is 0 Å². The summed E-state index contributed by atoms with van der Waals surface area (Å²) in [5.41, 5.74) is 0.684. The van der Waals surface area contributed by atoms with Gasteiger partial charge in [-0.05, 0) is 31.0 Å². The van der Waals surface area contributed by atoms with Crippen molar-refractivity contribution in [2.75, 3.05) is 13.2 Å². The zero-order valence-electron chi connectivity index (χ0n) is 10.6. The molecule has 0 spiro atoms. The molecule has 0 amide bonds. The zero-order valence-corrected chi connectivity index (χ0v) is 10.6. The third kappa shape index (κ3) is 5.29. The molecule has 1 aromatic rings. The fourth-order valence-electron chi connectivity index (χ4n) is 1.39. The van der Waals surface area contributed by atoms with Crippen LogP contribution in [0.25, 0.3) is 0 Å². The minimum Gasteiger partial charge on any atom is -0.504 e. The van der Waals surface area contributed by atoms with E-state index in [-0.39, 0.29) is 24.5 Å². The molecule has 0 aromatic heterocycles. The highest BCUT2D eigenvalue weighted by Gasteiger charge is 2.09. The molecule has 19 heavy (non-hydrogen) atoms. The summed E-state index contributed by atoms with van der Waals surface area (Å²) < 4.78 is 9.31. The third-order valence-corrected chi connectivity index (χ3v) is 2.31. The van der Waals surface area contributed by atoms with Gasteiger partial charge in [0.05, 0.1) is 6.61 Å². The maximum absolute atomic E-state index is 11.3. The van der Waals surface area contributed by atoms with Crippen LogP contribution in [0.15, 0.2) is 18.2 Å². The van der Waals surface area contributed by atoms with Crippen molar-refractivity contribution in [3.05, 3.63) is 23.8 Å². The Morgan fingerprint density at radius 3 is 2.47 bits per heavy atom. The van der Waals surface area contributed by atoms with Gasteiger partial charge >= 0.3 is 11.9 Å². The first-order chi connectivity index (χ1) is 9.02. The summed E-state index contributed by atoms with van der Waals surface area (Å²) in [5.74, 6) is -1.57. The van der Waals surface area contributed by atoms with Crippen molar-refractivity contribution in [3.8, 4) is 11.5 Å². The van der Waals surface area contributed by atoms with E-state index >= 15 is 0 Å². The number of carbonyl (C=O) groups excluding carboxylic acids is 2. The van der Waals surface area contributed by atoms with Gasteiger partial charge in [0, 0.05) is 6.42 Å². The van der Waals surface area contributed by atoms with Crippen LogP contribution in [0.2, 0.25) is 0 Å². The average molecular weight is 268 g/mol. The number of hydrogen-bond acceptors (Lipinski definition) is 6. The Labute approximate surface area is 110 Å². The second kappa shape index (κ2) is 7.25. The number of aryl methyl sites for hydroxylation is 1. The van der Waals surface area contributed by atoms with Crippen molar-refractivity contribution in [3.63, 3.8) is 0 Å². The van der Waals surface area contributed by atoms with Crippen molar-refractivity contribution in [1.82, 2.24) is 0 Å². The maximum Gasteiger partial charge on any atom is 0.344 e. The summed E-state index contributed by atoms with van der Waals surface area (Å²) in [6, 6.07) is 4.30. The van der Waals surface area contributed by atoms with Crippen LogP contribution in [-0.4, -0.2) is 35.4 Å². The number of ether oxygens (including phenoxy) is 2. The first-order valence-corrected chi connectivity index (χ1v) is 5.85. The largest absolute Gasteiger partial charge is 0.504 e. The molecule has 0 unspecified atom stereocenters. The second-order valence-corrected chi connectivity index (χ2v) is 3.79. The van der Waals surface area contributed by atoms with Crippen molar-refractivity contribution in [1.29, 1.82) is 0 Å². The van der Waals surface area contributed by atoms with Gasteiger partial charge in [0.2, 0.25) is 0 Å². The van der Waals surface area contributed by atoms with Gasteiger partial charge in [-0.3, -0.25) is 4.79 Å². The molecule has 0 aliphatic heterocycles. The maximum atomic E-state index is 11.3. The number of hydrogen-bond donors (Lipinski definition) is 2. The number of phenols is 2. The molecule has 6 nitrogen and oxygen atoms in total. The molecule has 0 saturated heterocycles. The summed E-state index contributed by atoms with van der Waals surface area (Å²) >= 11 is 0. The minimum atomic E-state index is -0.585. The van der Waals surface area contributed by atoms with Crippen LogP contribution in [0.5, 0.6) is 11.5 Å². The van der Waals surface area contributed by atoms with Crippen LogP contribution in [0, 0.1) is 0 Å². The van der Waals surface area contributed by atoms with Gasteiger partial charge in [-0.25, -0.2) is 4.79 Å². The Hall–Kier alpha value is -2.24. The van der Waals surface area contributed by atoms with Crippen LogP contribution in [-0.2, 0) is 25.5 Å². The van der Waals surface area contributed by atoms with Crippen molar-refractivity contribution in [2.45, 2.75) is 19.8 Å². The molecule has 6 heteroatoms. The fourth-order valence-corrected chi connectivity index (χ4v) is 1.39. The molecule has 0 aliphatic rings. The predicted molar refractivity (Wildman–Crippen MR) is 65.7 cm³/mol. The molecule has 2 N–H and O–H groups in total. The Balaban J connectivity index is 2.33. The lowest BCUT2D eigenvalue weighted by Crippen LogP contribution is -2.16. The standard InChI is InChI=1S/C13H16O6/c1-2-18-13(17)8-19-12(16)6-4-9-3-5-10(14)11(15)7-9/h3,5,7,14-15H,2,4,6,8H2,1H3. The number of carbonyl (C=O) groups is 2. The zero-order chi connectivity index (χ0) is 14.3. The molecule has 104 valence electrons. The van der Waals surface area contributed by atoms with Gasteiger partial charge in [0.15, 0.2) is 18.1 Å². The quantitative estimate of drug-likeness (QED) is 0.593. The highest BCUT2D eigenvalue weighted by molar-refractivity contribution is 5.76. The van der Waals surface area contributed by atoms with Gasteiger partial charge in [-0.1, -0.05) is 6.07 Å². The van der Waals surface area contributed by atoms with E-state index in [1.807, 2.05) is 0 Å². The lowest BCUT2D eigenvalue weighted by Gasteiger charge is -2.05. The Morgan fingerprint density at radius 1 is 1.11 bits per heavy atom. The number of esters is 2. The van der Waals surface area contributed by atoms with Crippen LogP contribution in [0.1, 0.15) is 18.9 Å². The summed E-state index contributed by atoms with van der Waals surface area (Å²) in [6.45, 7) is 1.51. The summed E-state index contributed by atoms with van der Waals surface area (Å²) in [5, 5.41) is 18.4. The molecule has 0 bridgehead atoms. The SMILES string of the molecule is CCOC(=O)COC(=O)CCc1ccc(O)c(O)c1. The topological polar surface area (TPSA) is 93.1 Å². The van der Waals surface area contributed by atoms with Crippen molar-refractivity contribution < 1.29 is 29.3 Å². The van der Waals surface area contributed by atoms with Gasteiger partial charge in [-0.2, -0.15) is 0 Å².